The molecule has 6 nitrogen and oxygen atoms in total. The second-order valence-corrected chi connectivity index (χ2v) is 8.14. The molecule has 0 aliphatic rings. The summed E-state index contributed by atoms with van der Waals surface area (Å²) >= 11 is 8.69. The Kier molecular flexibility index (Phi) is 10.6. The number of nitrogens with one attached hydrogen (secondary N) is 2. The number of carbonyl (C=O) groups excluding carboxylic acids is 1. The van der Waals surface area contributed by atoms with Crippen molar-refractivity contribution in [3.63, 3.8) is 0 Å². The second kappa shape index (κ2) is 13.2. The van der Waals surface area contributed by atoms with Crippen LogP contribution in [0.3, 0.4) is 0 Å². The summed E-state index contributed by atoms with van der Waals surface area (Å²) < 4.78 is 17.6. The Morgan fingerprint density at radius 2 is 1.74 bits per heavy atom. The summed E-state index contributed by atoms with van der Waals surface area (Å²) in [5.41, 5.74) is 1.37. The molecule has 0 unspecified atom stereocenters. The number of methoxy groups -OCH3 is 1. The predicted molar refractivity (Wildman–Crippen MR) is 130 cm³/mol. The molecule has 0 radical (unpaired) electrons. The third-order valence-corrected chi connectivity index (χ3v) is 5.05. The van der Waals surface area contributed by atoms with Crippen LogP contribution in [0, 0.1) is 0 Å². The molecule has 0 spiro atoms. The van der Waals surface area contributed by atoms with Crippen LogP contribution in [0.15, 0.2) is 40.9 Å². The maximum Gasteiger partial charge on any atom is 0.261 e. The molecule has 1 amide bonds. The molecule has 2 aromatic rings. The molecule has 0 heterocycles. The summed E-state index contributed by atoms with van der Waals surface area (Å²) in [4.78, 5) is 12.7. The number of unbranched alkanes of at least 4 members (excludes halogenated alkanes) is 1. The molecule has 0 aliphatic heterocycles. The Hall–Kier alpha value is -2.32. The van der Waals surface area contributed by atoms with E-state index >= 15 is 0 Å². The smallest absolute Gasteiger partial charge is 0.261 e. The molecule has 0 aliphatic carbocycles. The van der Waals surface area contributed by atoms with Gasteiger partial charge >= 0.3 is 0 Å². The van der Waals surface area contributed by atoms with Crippen molar-refractivity contribution in [3.05, 3.63) is 52.0 Å². The lowest BCUT2D eigenvalue weighted by molar-refractivity contribution is 0.0972. The lowest BCUT2D eigenvalue weighted by Crippen LogP contribution is -2.39. The van der Waals surface area contributed by atoms with Gasteiger partial charge in [-0.15, -0.1) is 0 Å². The first kappa shape index (κ1) is 24.9. The van der Waals surface area contributed by atoms with Gasteiger partial charge in [-0.2, -0.15) is 0 Å². The molecule has 168 valence electrons. The molecule has 0 atom stereocenters. The van der Waals surface area contributed by atoms with Crippen LogP contribution in [-0.2, 0) is 6.54 Å². The Bertz CT molecular complexity index is 892. The van der Waals surface area contributed by atoms with Crippen molar-refractivity contribution in [2.24, 2.45) is 0 Å². The van der Waals surface area contributed by atoms with E-state index in [-0.39, 0.29) is 11.0 Å². The maximum absolute atomic E-state index is 12.7. The minimum absolute atomic E-state index is 0.230. The number of amides is 1. The number of ether oxygens (including phenoxy) is 3. The average Bonchev–Trinajstić information content (AvgIpc) is 2.77. The predicted octanol–water partition coefficient (Wildman–Crippen LogP) is 5.23. The minimum atomic E-state index is -0.331. The summed E-state index contributed by atoms with van der Waals surface area (Å²) in [6.45, 7) is 5.75. The third kappa shape index (κ3) is 8.03. The first-order valence-electron chi connectivity index (χ1n) is 10.3. The van der Waals surface area contributed by atoms with E-state index in [0.717, 1.165) is 29.3 Å². The molecule has 0 saturated heterocycles. The standard InChI is InChI=1S/C23H29BrN2O4S/c1-4-6-12-30-20-9-7-16(13-21(20)28-3)15-25-23(31)26-22(27)18-14-17(24)8-10-19(18)29-11-5-2/h7-10,13-14H,4-6,11-12,15H2,1-3H3,(H2,25,26,27,31). The van der Waals surface area contributed by atoms with Crippen molar-refractivity contribution in [1.29, 1.82) is 0 Å². The molecule has 2 rings (SSSR count). The minimum Gasteiger partial charge on any atom is -0.493 e. The van der Waals surface area contributed by atoms with E-state index in [0.29, 0.717) is 42.6 Å². The Morgan fingerprint density at radius 3 is 2.45 bits per heavy atom. The number of hydrogen-bond donors (Lipinski definition) is 2. The van der Waals surface area contributed by atoms with E-state index in [9.17, 15) is 4.79 Å². The van der Waals surface area contributed by atoms with Crippen molar-refractivity contribution >= 4 is 39.2 Å². The fraction of sp³-hybridized carbons (Fsp3) is 0.391. The Balaban J connectivity index is 1.96. The molecular weight excluding hydrogens is 480 g/mol. The maximum atomic E-state index is 12.7. The molecule has 0 fully saturated rings. The summed E-state index contributed by atoms with van der Waals surface area (Å²) in [5, 5.41) is 5.99. The van der Waals surface area contributed by atoms with Crippen molar-refractivity contribution in [2.75, 3.05) is 20.3 Å². The summed E-state index contributed by atoms with van der Waals surface area (Å²) in [7, 11) is 1.61. The van der Waals surface area contributed by atoms with E-state index in [1.54, 1.807) is 19.2 Å². The summed E-state index contributed by atoms with van der Waals surface area (Å²) in [5.74, 6) is 1.57. The van der Waals surface area contributed by atoms with Gasteiger partial charge < -0.3 is 19.5 Å². The molecule has 0 aromatic heterocycles. The monoisotopic (exact) mass is 508 g/mol. The van der Waals surface area contributed by atoms with Crippen LogP contribution in [-0.4, -0.2) is 31.3 Å². The van der Waals surface area contributed by atoms with Gasteiger partial charge in [0.05, 0.1) is 25.9 Å². The highest BCUT2D eigenvalue weighted by molar-refractivity contribution is 9.10. The average molecular weight is 509 g/mol. The van der Waals surface area contributed by atoms with E-state index in [1.165, 1.54) is 0 Å². The fourth-order valence-corrected chi connectivity index (χ4v) is 3.21. The van der Waals surface area contributed by atoms with E-state index < -0.39 is 0 Å². The fourth-order valence-electron chi connectivity index (χ4n) is 2.68. The lowest BCUT2D eigenvalue weighted by Gasteiger charge is -2.14. The summed E-state index contributed by atoms with van der Waals surface area (Å²) in [6, 6.07) is 11.0. The van der Waals surface area contributed by atoms with Crippen LogP contribution in [0.4, 0.5) is 0 Å². The van der Waals surface area contributed by atoms with Crippen molar-refractivity contribution in [3.8, 4) is 17.2 Å². The van der Waals surface area contributed by atoms with Gasteiger partial charge in [0.15, 0.2) is 16.6 Å². The normalized spacial score (nSPS) is 10.3. The number of halogens is 1. The number of carbonyl (C=O) groups is 1. The van der Waals surface area contributed by atoms with E-state index in [2.05, 4.69) is 33.5 Å². The van der Waals surface area contributed by atoms with Gasteiger partial charge in [-0.1, -0.05) is 42.3 Å². The third-order valence-electron chi connectivity index (χ3n) is 4.31. The van der Waals surface area contributed by atoms with Gasteiger partial charge in [0.1, 0.15) is 5.75 Å². The Labute approximate surface area is 197 Å². The van der Waals surface area contributed by atoms with Gasteiger partial charge in [-0.3, -0.25) is 10.1 Å². The van der Waals surface area contributed by atoms with Crippen LogP contribution in [0.25, 0.3) is 0 Å². The van der Waals surface area contributed by atoms with Gasteiger partial charge in [-0.05, 0) is 61.0 Å². The van der Waals surface area contributed by atoms with Crippen molar-refractivity contribution < 1.29 is 19.0 Å². The highest BCUT2D eigenvalue weighted by atomic mass is 79.9. The van der Waals surface area contributed by atoms with Crippen LogP contribution in [0.5, 0.6) is 17.2 Å². The number of thiocarbonyl (C=S) groups is 1. The van der Waals surface area contributed by atoms with Crippen LogP contribution in [0.2, 0.25) is 0 Å². The highest BCUT2D eigenvalue weighted by Gasteiger charge is 2.15. The molecule has 2 aromatic carbocycles. The van der Waals surface area contributed by atoms with Crippen molar-refractivity contribution in [1.82, 2.24) is 10.6 Å². The zero-order valence-corrected chi connectivity index (χ0v) is 20.5. The van der Waals surface area contributed by atoms with Gasteiger partial charge in [-0.25, -0.2) is 0 Å². The molecule has 8 heteroatoms. The zero-order chi connectivity index (χ0) is 22.6. The number of rotatable bonds is 11. The van der Waals surface area contributed by atoms with Gasteiger partial charge in [0.25, 0.3) is 5.91 Å². The topological polar surface area (TPSA) is 68.8 Å². The molecule has 0 saturated carbocycles. The molecule has 31 heavy (non-hydrogen) atoms. The Morgan fingerprint density at radius 1 is 1.00 bits per heavy atom. The largest absolute Gasteiger partial charge is 0.493 e. The zero-order valence-electron chi connectivity index (χ0n) is 18.1. The van der Waals surface area contributed by atoms with Crippen molar-refractivity contribution in [2.45, 2.75) is 39.7 Å². The van der Waals surface area contributed by atoms with E-state index in [4.69, 9.17) is 26.4 Å². The summed E-state index contributed by atoms with van der Waals surface area (Å²) in [6.07, 6.45) is 2.91. The van der Waals surface area contributed by atoms with Crippen LogP contribution in [0.1, 0.15) is 49.0 Å². The van der Waals surface area contributed by atoms with Gasteiger partial charge in [0.2, 0.25) is 0 Å². The molecular formula is C23H29BrN2O4S. The highest BCUT2D eigenvalue weighted by Crippen LogP contribution is 2.28. The first-order chi connectivity index (χ1) is 15.0. The quantitative estimate of drug-likeness (QED) is 0.320. The molecule has 2 N–H and O–H groups in total. The van der Waals surface area contributed by atoms with Crippen LogP contribution < -0.4 is 24.8 Å². The number of hydrogen-bond acceptors (Lipinski definition) is 5. The lowest BCUT2D eigenvalue weighted by atomic mass is 10.2. The van der Waals surface area contributed by atoms with Gasteiger partial charge in [0, 0.05) is 11.0 Å². The second-order valence-electron chi connectivity index (χ2n) is 6.81. The van der Waals surface area contributed by atoms with Crippen LogP contribution >= 0.6 is 28.1 Å². The molecule has 0 bridgehead atoms. The first-order valence-corrected chi connectivity index (χ1v) is 11.5. The number of benzene rings is 2. The van der Waals surface area contributed by atoms with E-state index in [1.807, 2.05) is 31.2 Å². The SMILES string of the molecule is CCCCOc1ccc(CNC(=S)NC(=O)c2cc(Br)ccc2OCCC)cc1OC.